The van der Waals surface area contributed by atoms with E-state index in [9.17, 15) is 10.2 Å². The third kappa shape index (κ3) is 3.79. The van der Waals surface area contributed by atoms with Crippen molar-refractivity contribution < 1.29 is 20.6 Å². The number of aliphatic hydroxyl groups is 2. The van der Waals surface area contributed by atoms with Gasteiger partial charge in [0, 0.05) is 11.1 Å². The predicted molar refractivity (Wildman–Crippen MR) is 107 cm³/mol. The first kappa shape index (κ1) is 20.0. The molecular formula is C22H26N2O4. The standard InChI is InChI=1S/2C11H13NO2/c2*1-11(13)7-6-8-4-2-3-5-9(8)10(11)12-14/h2*2-5,13-14H,6-7H2,1H3/b2*12-10+/t2*11-/m00/s1. The van der Waals surface area contributed by atoms with Crippen LogP contribution in [0.25, 0.3) is 0 Å². The average Bonchev–Trinajstić information content (AvgIpc) is 2.67. The molecule has 6 nitrogen and oxygen atoms in total. The second kappa shape index (κ2) is 7.73. The first-order chi connectivity index (χ1) is 13.3. The maximum absolute atomic E-state index is 9.99. The zero-order chi connectivity index (χ0) is 20.4. The van der Waals surface area contributed by atoms with Crippen molar-refractivity contribution in [1.29, 1.82) is 0 Å². The Morgan fingerprint density at radius 1 is 0.679 bits per heavy atom. The largest absolute Gasteiger partial charge is 0.411 e. The molecule has 2 aliphatic carbocycles. The van der Waals surface area contributed by atoms with E-state index in [0.717, 1.165) is 35.1 Å². The summed E-state index contributed by atoms with van der Waals surface area (Å²) in [5.41, 5.74) is 2.70. The van der Waals surface area contributed by atoms with Gasteiger partial charge >= 0.3 is 0 Å². The molecule has 0 radical (unpaired) electrons. The van der Waals surface area contributed by atoms with Crippen LogP contribution in [-0.4, -0.2) is 43.3 Å². The summed E-state index contributed by atoms with van der Waals surface area (Å²) in [6.45, 7) is 3.36. The SMILES string of the molecule is C[C@]1(O)CCc2ccccc2/C1=N\O.C[C@]1(O)CCc2ccccc2/C1=N\O. The monoisotopic (exact) mass is 382 g/mol. The van der Waals surface area contributed by atoms with E-state index < -0.39 is 11.2 Å². The lowest BCUT2D eigenvalue weighted by Gasteiger charge is -2.30. The Balaban J connectivity index is 0.000000161. The Hall–Kier alpha value is -2.70. The van der Waals surface area contributed by atoms with Gasteiger partial charge < -0.3 is 20.6 Å². The Morgan fingerprint density at radius 2 is 1.04 bits per heavy atom. The number of nitrogens with zero attached hydrogens (tertiary/aromatic N) is 2. The fourth-order valence-corrected chi connectivity index (χ4v) is 3.84. The van der Waals surface area contributed by atoms with Crippen LogP contribution in [-0.2, 0) is 12.8 Å². The molecule has 4 N–H and O–H groups in total. The summed E-state index contributed by atoms with van der Waals surface area (Å²) in [5.74, 6) is 0. The van der Waals surface area contributed by atoms with Crippen molar-refractivity contribution in [2.75, 3.05) is 0 Å². The molecule has 0 aliphatic heterocycles. The van der Waals surface area contributed by atoms with Gasteiger partial charge in [0.25, 0.3) is 0 Å². The van der Waals surface area contributed by atoms with Crippen LogP contribution < -0.4 is 0 Å². The molecule has 0 aromatic heterocycles. The van der Waals surface area contributed by atoms with Gasteiger partial charge in [-0.15, -0.1) is 0 Å². The maximum Gasteiger partial charge on any atom is 0.118 e. The van der Waals surface area contributed by atoms with E-state index in [1.54, 1.807) is 13.8 Å². The molecule has 0 fully saturated rings. The van der Waals surface area contributed by atoms with Gasteiger partial charge in [-0.2, -0.15) is 0 Å². The number of oxime groups is 2. The fourth-order valence-electron chi connectivity index (χ4n) is 3.84. The Kier molecular flexibility index (Phi) is 5.54. The highest BCUT2D eigenvalue weighted by Crippen LogP contribution is 2.29. The van der Waals surface area contributed by atoms with Gasteiger partial charge in [-0.1, -0.05) is 58.8 Å². The molecule has 0 heterocycles. The van der Waals surface area contributed by atoms with E-state index >= 15 is 0 Å². The number of aryl methyl sites for hydroxylation is 2. The molecule has 0 amide bonds. The Bertz CT molecular complexity index is 841. The maximum atomic E-state index is 9.99. The molecule has 4 rings (SSSR count). The molecule has 0 spiro atoms. The topological polar surface area (TPSA) is 106 Å². The summed E-state index contributed by atoms with van der Waals surface area (Å²) in [6, 6.07) is 15.4. The number of hydrogen-bond acceptors (Lipinski definition) is 6. The van der Waals surface area contributed by atoms with Crippen LogP contribution in [0, 0.1) is 0 Å². The summed E-state index contributed by atoms with van der Waals surface area (Å²) in [7, 11) is 0. The van der Waals surface area contributed by atoms with Gasteiger partial charge in [0.2, 0.25) is 0 Å². The predicted octanol–water partition coefficient (Wildman–Crippen LogP) is 3.12. The van der Waals surface area contributed by atoms with Gasteiger partial charge in [-0.25, -0.2) is 0 Å². The number of benzene rings is 2. The molecule has 28 heavy (non-hydrogen) atoms. The summed E-state index contributed by atoms with van der Waals surface area (Å²) >= 11 is 0. The van der Waals surface area contributed by atoms with E-state index in [-0.39, 0.29) is 0 Å². The zero-order valence-corrected chi connectivity index (χ0v) is 16.1. The molecule has 0 bridgehead atoms. The highest BCUT2D eigenvalue weighted by Gasteiger charge is 2.35. The number of rotatable bonds is 0. The summed E-state index contributed by atoms with van der Waals surface area (Å²) in [5, 5.41) is 44.2. The molecular weight excluding hydrogens is 356 g/mol. The molecule has 6 heteroatoms. The lowest BCUT2D eigenvalue weighted by molar-refractivity contribution is 0.115. The van der Waals surface area contributed by atoms with Crippen molar-refractivity contribution in [2.45, 2.75) is 50.7 Å². The van der Waals surface area contributed by atoms with Crippen molar-refractivity contribution in [3.63, 3.8) is 0 Å². The normalized spacial score (nSPS) is 28.9. The van der Waals surface area contributed by atoms with Crippen molar-refractivity contribution in [1.82, 2.24) is 0 Å². The van der Waals surface area contributed by atoms with Crippen LogP contribution in [0.5, 0.6) is 0 Å². The van der Waals surface area contributed by atoms with E-state index in [1.165, 1.54) is 0 Å². The smallest absolute Gasteiger partial charge is 0.118 e. The van der Waals surface area contributed by atoms with E-state index in [0.29, 0.717) is 24.3 Å². The van der Waals surface area contributed by atoms with Crippen LogP contribution in [0.1, 0.15) is 48.9 Å². The molecule has 2 aromatic carbocycles. The summed E-state index contributed by atoms with van der Waals surface area (Å²) in [6.07, 6.45) is 2.84. The van der Waals surface area contributed by atoms with Crippen molar-refractivity contribution in [3.05, 3.63) is 70.8 Å². The molecule has 0 saturated carbocycles. The van der Waals surface area contributed by atoms with Crippen molar-refractivity contribution >= 4 is 11.4 Å². The highest BCUT2D eigenvalue weighted by molar-refractivity contribution is 6.08. The van der Waals surface area contributed by atoms with Crippen LogP contribution in [0.2, 0.25) is 0 Å². The lowest BCUT2D eigenvalue weighted by atomic mass is 9.80. The summed E-state index contributed by atoms with van der Waals surface area (Å²) < 4.78 is 0. The molecule has 2 aliphatic rings. The van der Waals surface area contributed by atoms with Gasteiger partial charge in [-0.05, 0) is 50.7 Å². The van der Waals surface area contributed by atoms with E-state index in [2.05, 4.69) is 10.3 Å². The number of fused-ring (bicyclic) bond motifs is 2. The molecule has 0 saturated heterocycles. The third-order valence-electron chi connectivity index (χ3n) is 5.53. The number of hydrogen-bond donors (Lipinski definition) is 4. The third-order valence-corrected chi connectivity index (χ3v) is 5.53. The van der Waals surface area contributed by atoms with Gasteiger partial charge in [-0.3, -0.25) is 0 Å². The second-order valence-electron chi connectivity index (χ2n) is 7.76. The fraction of sp³-hybridized carbons (Fsp3) is 0.364. The van der Waals surface area contributed by atoms with E-state index in [1.807, 2.05) is 48.5 Å². The highest BCUT2D eigenvalue weighted by atomic mass is 16.4. The lowest BCUT2D eigenvalue weighted by Crippen LogP contribution is -2.40. The quantitative estimate of drug-likeness (QED) is 0.415. The van der Waals surface area contributed by atoms with Crippen molar-refractivity contribution in [3.8, 4) is 0 Å². The van der Waals surface area contributed by atoms with Gasteiger partial charge in [0.1, 0.15) is 22.6 Å². The van der Waals surface area contributed by atoms with Crippen LogP contribution in [0.4, 0.5) is 0 Å². The van der Waals surface area contributed by atoms with Gasteiger partial charge in [0.05, 0.1) is 0 Å². The first-order valence-electron chi connectivity index (χ1n) is 9.36. The minimum absolute atomic E-state index is 0.374. The molecule has 0 unspecified atom stereocenters. The summed E-state index contributed by atoms with van der Waals surface area (Å²) in [4.78, 5) is 0. The average molecular weight is 382 g/mol. The minimum Gasteiger partial charge on any atom is -0.411 e. The van der Waals surface area contributed by atoms with E-state index in [4.69, 9.17) is 10.4 Å². The molecule has 2 atom stereocenters. The second-order valence-corrected chi connectivity index (χ2v) is 7.76. The minimum atomic E-state index is -1.01. The molecule has 148 valence electrons. The van der Waals surface area contributed by atoms with Crippen LogP contribution in [0.15, 0.2) is 58.8 Å². The van der Waals surface area contributed by atoms with Crippen molar-refractivity contribution in [2.24, 2.45) is 10.3 Å². The molecule has 2 aromatic rings. The van der Waals surface area contributed by atoms with Crippen LogP contribution >= 0.6 is 0 Å². The first-order valence-corrected chi connectivity index (χ1v) is 9.36. The van der Waals surface area contributed by atoms with Gasteiger partial charge in [0.15, 0.2) is 0 Å². The zero-order valence-electron chi connectivity index (χ0n) is 16.1. The Labute approximate surface area is 164 Å². The Morgan fingerprint density at radius 3 is 1.39 bits per heavy atom. The van der Waals surface area contributed by atoms with Crippen LogP contribution in [0.3, 0.4) is 0 Å².